The van der Waals surface area contributed by atoms with Crippen LogP contribution >= 0.6 is 15.9 Å². The number of hydrogen-bond donors (Lipinski definition) is 2. The van der Waals surface area contributed by atoms with E-state index in [4.69, 9.17) is 0 Å². The van der Waals surface area contributed by atoms with E-state index in [9.17, 15) is 14.4 Å². The molecule has 0 aliphatic heterocycles. The molecule has 1 atom stereocenters. The van der Waals surface area contributed by atoms with Crippen LogP contribution in [-0.4, -0.2) is 37.5 Å². The van der Waals surface area contributed by atoms with Crippen LogP contribution in [0.25, 0.3) is 0 Å². The summed E-state index contributed by atoms with van der Waals surface area (Å²) in [6.07, 6.45) is 0.0858. The van der Waals surface area contributed by atoms with Crippen molar-refractivity contribution in [2.75, 3.05) is 13.7 Å². The van der Waals surface area contributed by atoms with Crippen molar-refractivity contribution in [3.05, 3.63) is 34.3 Å². The highest BCUT2D eigenvalue weighted by Crippen LogP contribution is 2.10. The van der Waals surface area contributed by atoms with Crippen LogP contribution < -0.4 is 10.6 Å². The van der Waals surface area contributed by atoms with Gasteiger partial charge in [0.25, 0.3) is 5.91 Å². The molecule has 0 aliphatic rings. The normalized spacial score (nSPS) is 11.7. The van der Waals surface area contributed by atoms with Gasteiger partial charge in [-0.2, -0.15) is 0 Å². The van der Waals surface area contributed by atoms with E-state index in [0.717, 1.165) is 4.47 Å². The van der Waals surface area contributed by atoms with Gasteiger partial charge >= 0.3 is 5.97 Å². The predicted molar refractivity (Wildman–Crippen MR) is 89.9 cm³/mol. The Hall–Kier alpha value is -1.89. The van der Waals surface area contributed by atoms with Crippen molar-refractivity contribution >= 4 is 33.7 Å². The summed E-state index contributed by atoms with van der Waals surface area (Å²) in [6, 6.07) is 6.22. The van der Waals surface area contributed by atoms with Gasteiger partial charge in [-0.15, -0.1) is 0 Å². The van der Waals surface area contributed by atoms with Crippen molar-refractivity contribution in [1.82, 2.24) is 10.6 Å². The first-order valence-electron chi connectivity index (χ1n) is 7.26. The van der Waals surface area contributed by atoms with Crippen molar-refractivity contribution in [2.45, 2.75) is 26.3 Å². The molecule has 6 nitrogen and oxygen atoms in total. The Morgan fingerprint density at radius 3 is 2.30 bits per heavy atom. The van der Waals surface area contributed by atoms with Crippen molar-refractivity contribution in [3.63, 3.8) is 0 Å². The fraction of sp³-hybridized carbons (Fsp3) is 0.438. The minimum absolute atomic E-state index is 0.0799. The van der Waals surface area contributed by atoms with Gasteiger partial charge in [0, 0.05) is 23.0 Å². The minimum Gasteiger partial charge on any atom is -0.467 e. The number of rotatable bonds is 7. The second-order valence-electron chi connectivity index (χ2n) is 5.33. The van der Waals surface area contributed by atoms with Gasteiger partial charge in [0.1, 0.15) is 6.04 Å². The number of esters is 1. The zero-order valence-corrected chi connectivity index (χ0v) is 15.0. The van der Waals surface area contributed by atoms with Gasteiger partial charge in [-0.1, -0.05) is 29.8 Å². The Labute approximate surface area is 144 Å². The highest BCUT2D eigenvalue weighted by molar-refractivity contribution is 9.10. The van der Waals surface area contributed by atoms with E-state index < -0.39 is 12.0 Å². The van der Waals surface area contributed by atoms with Crippen molar-refractivity contribution in [2.24, 2.45) is 5.92 Å². The van der Waals surface area contributed by atoms with Crippen LogP contribution in [0.15, 0.2) is 28.7 Å². The van der Waals surface area contributed by atoms with E-state index >= 15 is 0 Å². The lowest BCUT2D eigenvalue weighted by Gasteiger charge is -2.19. The fourth-order valence-electron chi connectivity index (χ4n) is 1.86. The Morgan fingerprint density at radius 1 is 1.17 bits per heavy atom. The molecule has 1 aromatic carbocycles. The number of halogens is 1. The average Bonchev–Trinajstić information content (AvgIpc) is 2.52. The summed E-state index contributed by atoms with van der Waals surface area (Å²) in [5, 5.41) is 5.28. The first kappa shape index (κ1) is 19.2. The Balaban J connectivity index is 2.42. The SMILES string of the molecule is COC(=O)C(NC(=O)CCNC(=O)c1ccc(Br)cc1)C(C)C. The third kappa shape index (κ3) is 6.40. The smallest absolute Gasteiger partial charge is 0.328 e. The number of methoxy groups -OCH3 is 1. The lowest BCUT2D eigenvalue weighted by Crippen LogP contribution is -2.45. The van der Waals surface area contributed by atoms with E-state index in [2.05, 4.69) is 31.3 Å². The Kier molecular flexibility index (Phi) is 7.74. The number of hydrogen-bond acceptors (Lipinski definition) is 4. The molecule has 1 rings (SSSR count). The molecule has 0 aromatic heterocycles. The molecule has 0 heterocycles. The summed E-state index contributed by atoms with van der Waals surface area (Å²) >= 11 is 3.30. The minimum atomic E-state index is -0.685. The first-order chi connectivity index (χ1) is 10.8. The van der Waals surface area contributed by atoms with Crippen LogP contribution in [0.1, 0.15) is 30.6 Å². The molecule has 7 heteroatoms. The highest BCUT2D eigenvalue weighted by atomic mass is 79.9. The van der Waals surface area contributed by atoms with E-state index in [1.165, 1.54) is 7.11 Å². The lowest BCUT2D eigenvalue weighted by molar-refractivity contribution is -0.146. The molecule has 0 fully saturated rings. The van der Waals surface area contributed by atoms with Crippen LogP contribution in [0.3, 0.4) is 0 Å². The number of amides is 2. The number of benzene rings is 1. The second kappa shape index (κ2) is 9.29. The third-order valence-corrected chi connectivity index (χ3v) is 3.71. The summed E-state index contributed by atoms with van der Waals surface area (Å²) in [5.41, 5.74) is 0.517. The van der Waals surface area contributed by atoms with Gasteiger partial charge in [-0.05, 0) is 30.2 Å². The van der Waals surface area contributed by atoms with Gasteiger partial charge in [0.2, 0.25) is 5.91 Å². The van der Waals surface area contributed by atoms with Crippen molar-refractivity contribution in [3.8, 4) is 0 Å². The van der Waals surface area contributed by atoms with Gasteiger partial charge in [0.15, 0.2) is 0 Å². The van der Waals surface area contributed by atoms with Crippen LogP contribution in [-0.2, 0) is 14.3 Å². The molecular formula is C16H21BrN2O4. The van der Waals surface area contributed by atoms with E-state index in [0.29, 0.717) is 5.56 Å². The van der Waals surface area contributed by atoms with Crippen LogP contribution in [0, 0.1) is 5.92 Å². The summed E-state index contributed by atoms with van der Waals surface area (Å²) in [5.74, 6) is -1.13. The molecule has 23 heavy (non-hydrogen) atoms. The number of carbonyl (C=O) groups excluding carboxylic acids is 3. The standard InChI is InChI=1S/C16H21BrN2O4/c1-10(2)14(16(22)23-3)19-13(20)8-9-18-15(21)11-4-6-12(17)7-5-11/h4-7,10,14H,8-9H2,1-3H3,(H,18,21)(H,19,20). The molecule has 1 aromatic rings. The maximum atomic E-state index is 11.9. The molecule has 0 saturated heterocycles. The van der Waals surface area contributed by atoms with Gasteiger partial charge < -0.3 is 15.4 Å². The summed E-state index contributed by atoms with van der Waals surface area (Å²) in [4.78, 5) is 35.3. The third-order valence-electron chi connectivity index (χ3n) is 3.18. The predicted octanol–water partition coefficient (Wildman–Crippen LogP) is 1.88. The number of nitrogens with one attached hydrogen (secondary N) is 2. The summed E-state index contributed by atoms with van der Waals surface area (Å²) in [7, 11) is 1.28. The molecule has 0 radical (unpaired) electrons. The van der Waals surface area contributed by atoms with Crippen LogP contribution in [0.5, 0.6) is 0 Å². The van der Waals surface area contributed by atoms with Crippen molar-refractivity contribution in [1.29, 1.82) is 0 Å². The van der Waals surface area contributed by atoms with Gasteiger partial charge in [0.05, 0.1) is 7.11 Å². The molecule has 1 unspecified atom stereocenters. The lowest BCUT2D eigenvalue weighted by atomic mass is 10.0. The summed E-state index contributed by atoms with van der Waals surface area (Å²) in [6.45, 7) is 3.82. The zero-order chi connectivity index (χ0) is 17.4. The molecule has 0 bridgehead atoms. The van der Waals surface area contributed by atoms with Gasteiger partial charge in [-0.3, -0.25) is 9.59 Å². The van der Waals surface area contributed by atoms with Crippen LogP contribution in [0.4, 0.5) is 0 Å². The van der Waals surface area contributed by atoms with E-state index in [1.54, 1.807) is 24.3 Å². The maximum Gasteiger partial charge on any atom is 0.328 e. The molecular weight excluding hydrogens is 364 g/mol. The second-order valence-corrected chi connectivity index (χ2v) is 6.24. The monoisotopic (exact) mass is 384 g/mol. The largest absolute Gasteiger partial charge is 0.467 e. The van der Waals surface area contributed by atoms with E-state index in [1.807, 2.05) is 13.8 Å². The fourth-order valence-corrected chi connectivity index (χ4v) is 2.13. The molecule has 2 N–H and O–H groups in total. The number of ether oxygens (including phenoxy) is 1. The Bertz CT molecular complexity index is 558. The quantitative estimate of drug-likeness (QED) is 0.702. The van der Waals surface area contributed by atoms with Gasteiger partial charge in [-0.25, -0.2) is 4.79 Å². The molecule has 126 valence electrons. The molecule has 2 amide bonds. The summed E-state index contributed by atoms with van der Waals surface area (Å²) < 4.78 is 5.54. The number of carbonyl (C=O) groups is 3. The van der Waals surface area contributed by atoms with E-state index in [-0.39, 0.29) is 30.7 Å². The Morgan fingerprint density at radius 2 is 1.78 bits per heavy atom. The zero-order valence-electron chi connectivity index (χ0n) is 13.4. The topological polar surface area (TPSA) is 84.5 Å². The molecule has 0 aliphatic carbocycles. The van der Waals surface area contributed by atoms with Crippen LogP contribution in [0.2, 0.25) is 0 Å². The average molecular weight is 385 g/mol. The maximum absolute atomic E-state index is 11.9. The van der Waals surface area contributed by atoms with Crippen molar-refractivity contribution < 1.29 is 19.1 Å². The molecule has 0 spiro atoms. The highest BCUT2D eigenvalue weighted by Gasteiger charge is 2.24. The first-order valence-corrected chi connectivity index (χ1v) is 8.05. The molecule has 0 saturated carbocycles.